The van der Waals surface area contributed by atoms with Crippen LogP contribution in [0.25, 0.3) is 0 Å². The van der Waals surface area contributed by atoms with Crippen molar-refractivity contribution < 1.29 is 4.79 Å². The van der Waals surface area contributed by atoms with Crippen LogP contribution in [0.2, 0.25) is 0 Å². The molecule has 0 radical (unpaired) electrons. The summed E-state index contributed by atoms with van der Waals surface area (Å²) < 4.78 is 0. The second-order valence-electron chi connectivity index (χ2n) is 3.38. The zero-order valence-electron chi connectivity index (χ0n) is 8.38. The van der Waals surface area contributed by atoms with Gasteiger partial charge in [-0.25, -0.2) is 0 Å². The maximum Gasteiger partial charge on any atom is 0.239 e. The van der Waals surface area contributed by atoms with Crippen molar-refractivity contribution in [2.45, 2.75) is 31.4 Å². The molecule has 1 aliphatic heterocycles. The molecule has 0 aromatic heterocycles. The molecule has 13 heavy (non-hydrogen) atoms. The van der Waals surface area contributed by atoms with Gasteiger partial charge in [0.2, 0.25) is 5.91 Å². The van der Waals surface area contributed by atoms with Crippen LogP contribution in [-0.4, -0.2) is 28.9 Å². The predicted octanol–water partition coefficient (Wildman–Crippen LogP) is 2.26. The fourth-order valence-electron chi connectivity index (χ4n) is 1.31. The van der Waals surface area contributed by atoms with E-state index in [1.807, 2.05) is 7.05 Å². The Morgan fingerprint density at radius 2 is 2.38 bits per heavy atom. The summed E-state index contributed by atoms with van der Waals surface area (Å²) >= 11 is 1.77. The molecule has 0 aromatic carbocycles. The number of thioether (sulfide) groups is 1. The first-order chi connectivity index (χ1) is 6.16. The molecule has 0 saturated carbocycles. The third-order valence-electron chi connectivity index (χ3n) is 2.32. The van der Waals surface area contributed by atoms with Crippen LogP contribution in [0.4, 0.5) is 0 Å². The van der Waals surface area contributed by atoms with Gasteiger partial charge in [0.05, 0.1) is 5.25 Å². The second kappa shape index (κ2) is 4.70. The van der Waals surface area contributed by atoms with Crippen LogP contribution in [0, 0.1) is 0 Å². The number of unbranched alkanes of at least 4 members (excludes halogenated alkanes) is 1. The summed E-state index contributed by atoms with van der Waals surface area (Å²) in [6.45, 7) is 6.02. The Labute approximate surface area is 84.4 Å². The van der Waals surface area contributed by atoms with Gasteiger partial charge in [0.25, 0.3) is 0 Å². The van der Waals surface area contributed by atoms with Crippen LogP contribution in [0.3, 0.4) is 0 Å². The van der Waals surface area contributed by atoms with E-state index in [2.05, 4.69) is 13.5 Å². The van der Waals surface area contributed by atoms with E-state index >= 15 is 0 Å². The van der Waals surface area contributed by atoms with E-state index in [4.69, 9.17) is 0 Å². The number of hydrogen-bond donors (Lipinski definition) is 0. The molecule has 3 heteroatoms. The molecule has 1 unspecified atom stereocenters. The Hall–Kier alpha value is -0.440. The van der Waals surface area contributed by atoms with Crippen LogP contribution < -0.4 is 0 Å². The number of carbonyl (C=O) groups excluding carboxylic acids is 1. The highest BCUT2D eigenvalue weighted by Crippen LogP contribution is 2.29. The molecule has 74 valence electrons. The summed E-state index contributed by atoms with van der Waals surface area (Å²) in [5.74, 6) is 1.32. The lowest BCUT2D eigenvalue weighted by molar-refractivity contribution is -0.125. The third kappa shape index (κ3) is 2.50. The summed E-state index contributed by atoms with van der Waals surface area (Å²) in [7, 11) is 1.81. The molecule has 0 aromatic rings. The topological polar surface area (TPSA) is 20.3 Å². The Morgan fingerprint density at radius 1 is 1.69 bits per heavy atom. The third-order valence-corrected chi connectivity index (χ3v) is 3.61. The Bertz CT molecular complexity index is 215. The second-order valence-corrected chi connectivity index (χ2v) is 4.69. The fourth-order valence-corrected chi connectivity index (χ4v) is 2.66. The molecule has 1 atom stereocenters. The fraction of sp³-hybridized carbons (Fsp3) is 0.700. The largest absolute Gasteiger partial charge is 0.319 e. The van der Waals surface area contributed by atoms with Gasteiger partial charge in [0.1, 0.15) is 0 Å². The van der Waals surface area contributed by atoms with Crippen LogP contribution in [0.1, 0.15) is 26.2 Å². The van der Waals surface area contributed by atoms with Gasteiger partial charge in [-0.05, 0) is 12.2 Å². The van der Waals surface area contributed by atoms with Crippen molar-refractivity contribution >= 4 is 17.7 Å². The van der Waals surface area contributed by atoms with Crippen molar-refractivity contribution in [1.82, 2.24) is 4.90 Å². The molecule has 1 saturated heterocycles. The molecule has 0 bridgehead atoms. The van der Waals surface area contributed by atoms with Gasteiger partial charge < -0.3 is 4.90 Å². The Balaban J connectivity index is 2.36. The number of nitrogens with zero attached hydrogens (tertiary/aromatic N) is 1. The smallest absolute Gasteiger partial charge is 0.239 e. The standard InChI is InChI=1S/C10H17NOS/c1-4-5-6-13-9-7-8(2)11(3)10(9)12/h9H,2,4-7H2,1,3H3. The summed E-state index contributed by atoms with van der Waals surface area (Å²) in [5.41, 5.74) is 0.957. The van der Waals surface area contributed by atoms with Crippen molar-refractivity contribution in [3.63, 3.8) is 0 Å². The van der Waals surface area contributed by atoms with E-state index in [1.165, 1.54) is 12.8 Å². The minimum Gasteiger partial charge on any atom is -0.319 e. The minimum absolute atomic E-state index is 0.143. The van der Waals surface area contributed by atoms with Gasteiger partial charge in [0, 0.05) is 19.2 Å². The molecule has 0 aliphatic carbocycles. The molecule has 0 spiro atoms. The summed E-state index contributed by atoms with van der Waals surface area (Å²) in [4.78, 5) is 13.2. The van der Waals surface area contributed by atoms with E-state index in [9.17, 15) is 4.79 Å². The highest BCUT2D eigenvalue weighted by Gasteiger charge is 2.31. The summed E-state index contributed by atoms with van der Waals surface area (Å²) in [6.07, 6.45) is 3.24. The van der Waals surface area contributed by atoms with Gasteiger partial charge in [0.15, 0.2) is 0 Å². The number of carbonyl (C=O) groups is 1. The van der Waals surface area contributed by atoms with E-state index in [1.54, 1.807) is 16.7 Å². The van der Waals surface area contributed by atoms with Gasteiger partial charge >= 0.3 is 0 Å². The lowest BCUT2D eigenvalue weighted by Gasteiger charge is -2.09. The molecule has 1 fully saturated rings. The van der Waals surface area contributed by atoms with E-state index < -0.39 is 0 Å². The molecular weight excluding hydrogens is 182 g/mol. The number of rotatable bonds is 4. The maximum absolute atomic E-state index is 11.6. The van der Waals surface area contributed by atoms with Gasteiger partial charge in [-0.2, -0.15) is 0 Å². The quantitative estimate of drug-likeness (QED) is 0.647. The van der Waals surface area contributed by atoms with Gasteiger partial charge in [-0.15, -0.1) is 11.8 Å². The number of amides is 1. The first-order valence-electron chi connectivity index (χ1n) is 4.73. The molecule has 1 rings (SSSR count). The number of likely N-dealkylation sites (tertiary alicyclic amines) is 1. The highest BCUT2D eigenvalue weighted by molar-refractivity contribution is 8.00. The van der Waals surface area contributed by atoms with Crippen molar-refractivity contribution in [2.24, 2.45) is 0 Å². The Kier molecular flexibility index (Phi) is 3.85. The maximum atomic E-state index is 11.6. The zero-order chi connectivity index (χ0) is 9.84. The minimum atomic E-state index is 0.143. The average molecular weight is 199 g/mol. The first kappa shape index (κ1) is 10.6. The van der Waals surface area contributed by atoms with Crippen molar-refractivity contribution in [1.29, 1.82) is 0 Å². The highest BCUT2D eigenvalue weighted by atomic mass is 32.2. The van der Waals surface area contributed by atoms with E-state index in [0.717, 1.165) is 17.9 Å². The van der Waals surface area contributed by atoms with Crippen LogP contribution in [-0.2, 0) is 4.79 Å². The number of hydrogen-bond acceptors (Lipinski definition) is 2. The summed E-state index contributed by atoms with van der Waals surface area (Å²) in [6, 6.07) is 0. The summed E-state index contributed by atoms with van der Waals surface area (Å²) in [5, 5.41) is 0.143. The van der Waals surface area contributed by atoms with Crippen LogP contribution in [0.15, 0.2) is 12.3 Å². The molecule has 2 nitrogen and oxygen atoms in total. The van der Waals surface area contributed by atoms with Crippen molar-refractivity contribution in [2.75, 3.05) is 12.8 Å². The average Bonchev–Trinajstić information content (AvgIpc) is 2.34. The lowest BCUT2D eigenvalue weighted by Crippen LogP contribution is -2.23. The predicted molar refractivity (Wildman–Crippen MR) is 57.7 cm³/mol. The molecule has 1 amide bonds. The van der Waals surface area contributed by atoms with Crippen molar-refractivity contribution in [3.05, 3.63) is 12.3 Å². The first-order valence-corrected chi connectivity index (χ1v) is 5.78. The zero-order valence-corrected chi connectivity index (χ0v) is 9.19. The van der Waals surface area contributed by atoms with Crippen molar-refractivity contribution in [3.8, 4) is 0 Å². The van der Waals surface area contributed by atoms with E-state index in [-0.39, 0.29) is 11.2 Å². The molecule has 1 heterocycles. The van der Waals surface area contributed by atoms with Crippen LogP contribution >= 0.6 is 11.8 Å². The van der Waals surface area contributed by atoms with Crippen LogP contribution in [0.5, 0.6) is 0 Å². The Morgan fingerprint density at radius 3 is 2.85 bits per heavy atom. The van der Waals surface area contributed by atoms with Gasteiger partial charge in [-0.3, -0.25) is 4.79 Å². The van der Waals surface area contributed by atoms with E-state index in [0.29, 0.717) is 0 Å². The lowest BCUT2D eigenvalue weighted by atomic mass is 10.3. The SMILES string of the molecule is C=C1CC(SCCCC)C(=O)N1C. The molecule has 1 aliphatic rings. The number of allylic oxidation sites excluding steroid dienone is 1. The van der Waals surface area contributed by atoms with Gasteiger partial charge in [-0.1, -0.05) is 19.9 Å². The molecule has 0 N–H and O–H groups in total. The monoisotopic (exact) mass is 199 g/mol. The normalized spacial score (nSPS) is 22.9. The molecular formula is C10H17NOS.